The monoisotopic (exact) mass is 674 g/mol. The number of oxazole rings is 1. The van der Waals surface area contributed by atoms with Crippen LogP contribution in [0.5, 0.6) is 0 Å². The largest absolute Gasteiger partial charge is 0.438 e. The first kappa shape index (κ1) is 32.6. The van der Waals surface area contributed by atoms with Gasteiger partial charge in [0.15, 0.2) is 5.76 Å². The van der Waals surface area contributed by atoms with E-state index in [2.05, 4.69) is 165 Å². The highest BCUT2D eigenvalue weighted by Gasteiger charge is 2.51. The van der Waals surface area contributed by atoms with E-state index in [1.165, 1.54) is 27.1 Å². The van der Waals surface area contributed by atoms with Gasteiger partial charge in [-0.05, 0) is 59.0 Å². The zero-order valence-electron chi connectivity index (χ0n) is 29.4. The van der Waals surface area contributed by atoms with Crippen molar-refractivity contribution in [3.05, 3.63) is 162 Å². The molecule has 1 aromatic heterocycles. The van der Waals surface area contributed by atoms with Crippen LogP contribution in [0, 0.1) is 0 Å². The second kappa shape index (κ2) is 13.6. The van der Waals surface area contributed by atoms with Gasteiger partial charge in [-0.1, -0.05) is 160 Å². The Hall–Kier alpha value is -4.55. The van der Waals surface area contributed by atoms with Crippen molar-refractivity contribution in [2.24, 2.45) is 0 Å². The molecule has 8 rings (SSSR count). The Morgan fingerprint density at radius 3 is 1.94 bits per heavy atom. The maximum Gasteiger partial charge on any atom is 0.242 e. The highest BCUT2D eigenvalue weighted by atomic mass is 28.3. The van der Waals surface area contributed by atoms with Crippen LogP contribution >= 0.6 is 0 Å². The molecule has 2 atom stereocenters. The van der Waals surface area contributed by atoms with Gasteiger partial charge in [-0.3, -0.25) is 4.90 Å². The van der Waals surface area contributed by atoms with Gasteiger partial charge in [-0.2, -0.15) is 0 Å². The number of likely N-dealkylation sites (tertiary alicyclic amines) is 1. The summed E-state index contributed by atoms with van der Waals surface area (Å²) >= 11 is 0. The molecule has 50 heavy (non-hydrogen) atoms. The molecule has 0 unspecified atom stereocenters. The van der Waals surface area contributed by atoms with Gasteiger partial charge in [0.2, 0.25) is 14.9 Å². The maximum atomic E-state index is 7.98. The van der Waals surface area contributed by atoms with Gasteiger partial charge in [0.1, 0.15) is 11.4 Å². The zero-order chi connectivity index (χ0) is 34.1. The molecule has 1 aliphatic carbocycles. The lowest BCUT2D eigenvalue weighted by Crippen LogP contribution is -2.58. The van der Waals surface area contributed by atoms with Crippen molar-refractivity contribution in [3.8, 4) is 22.6 Å². The first-order valence-electron chi connectivity index (χ1n) is 18.2. The van der Waals surface area contributed by atoms with Crippen molar-refractivity contribution in [2.75, 3.05) is 6.54 Å². The molecule has 2 aliphatic rings. The number of aromatic nitrogens is 1. The van der Waals surface area contributed by atoms with E-state index in [0.29, 0.717) is 0 Å². The summed E-state index contributed by atoms with van der Waals surface area (Å²) in [6, 6.07) is 49.7. The number of fused-ring (bicyclic) bond motifs is 1. The predicted molar refractivity (Wildman–Crippen MR) is 206 cm³/mol. The van der Waals surface area contributed by atoms with Crippen LogP contribution < -0.4 is 10.4 Å². The van der Waals surface area contributed by atoms with Crippen LogP contribution in [0.15, 0.2) is 144 Å². The van der Waals surface area contributed by atoms with Gasteiger partial charge < -0.3 is 8.84 Å². The van der Waals surface area contributed by atoms with Crippen LogP contribution in [0.3, 0.4) is 0 Å². The SMILES string of the molecule is CC(C)(C)c1cccc2c1CCC[C@]2(O[SiH](c1ccccc1)c1ccccc1)N1CCC[C@@H]1c1nc(-c2ccccc2)c(-c2ccccc2)o1. The minimum atomic E-state index is -2.18. The topological polar surface area (TPSA) is 38.5 Å². The lowest BCUT2D eigenvalue weighted by Gasteiger charge is -2.50. The number of hydrogen-bond donors (Lipinski definition) is 0. The summed E-state index contributed by atoms with van der Waals surface area (Å²) in [4.78, 5) is 8.02. The molecule has 2 heterocycles. The van der Waals surface area contributed by atoms with Crippen molar-refractivity contribution in [2.45, 2.75) is 70.1 Å². The Kier molecular flexibility index (Phi) is 8.90. The smallest absolute Gasteiger partial charge is 0.242 e. The van der Waals surface area contributed by atoms with E-state index in [1.807, 2.05) is 0 Å². The summed E-state index contributed by atoms with van der Waals surface area (Å²) in [5.74, 6) is 1.61. The fourth-order valence-corrected chi connectivity index (χ4v) is 10.9. The molecule has 5 heteroatoms. The Morgan fingerprint density at radius 2 is 1.32 bits per heavy atom. The zero-order valence-corrected chi connectivity index (χ0v) is 30.5. The van der Waals surface area contributed by atoms with Gasteiger partial charge in [-0.25, -0.2) is 4.98 Å². The molecular weight excluding hydrogens is 629 g/mol. The van der Waals surface area contributed by atoms with E-state index >= 15 is 0 Å². The molecule has 0 N–H and O–H groups in total. The summed E-state index contributed by atoms with van der Waals surface area (Å²) in [5, 5.41) is 2.59. The summed E-state index contributed by atoms with van der Waals surface area (Å²) in [6.07, 6.45) is 5.06. The quantitative estimate of drug-likeness (QED) is 0.151. The van der Waals surface area contributed by atoms with E-state index in [-0.39, 0.29) is 11.5 Å². The molecule has 0 spiro atoms. The van der Waals surface area contributed by atoms with Crippen LogP contribution in [0.2, 0.25) is 0 Å². The Labute approximate surface area is 298 Å². The minimum absolute atomic E-state index is 0.0201. The molecule has 4 nitrogen and oxygen atoms in total. The van der Waals surface area contributed by atoms with Gasteiger partial charge in [-0.15, -0.1) is 0 Å². The lowest BCUT2D eigenvalue weighted by molar-refractivity contribution is -0.118. The average molecular weight is 675 g/mol. The van der Waals surface area contributed by atoms with Crippen molar-refractivity contribution >= 4 is 19.4 Å². The molecule has 6 aromatic rings. The van der Waals surface area contributed by atoms with Crippen LogP contribution in [0.1, 0.15) is 75.1 Å². The number of rotatable bonds is 8. The third-order valence-corrected chi connectivity index (χ3v) is 13.2. The van der Waals surface area contributed by atoms with Gasteiger partial charge in [0.05, 0.1) is 6.04 Å². The molecule has 0 radical (unpaired) electrons. The normalized spacial score (nSPS) is 19.5. The number of hydrogen-bond acceptors (Lipinski definition) is 4. The molecule has 0 amide bonds. The summed E-state index contributed by atoms with van der Waals surface area (Å²) in [6.45, 7) is 7.94. The fraction of sp³-hybridized carbons (Fsp3) is 0.267. The van der Waals surface area contributed by atoms with Crippen molar-refractivity contribution < 1.29 is 8.84 Å². The first-order chi connectivity index (χ1) is 24.4. The lowest BCUT2D eigenvalue weighted by atomic mass is 9.75. The van der Waals surface area contributed by atoms with E-state index in [4.69, 9.17) is 13.8 Å². The molecule has 1 fully saturated rings. The van der Waals surface area contributed by atoms with Crippen molar-refractivity contribution in [3.63, 3.8) is 0 Å². The average Bonchev–Trinajstić information content (AvgIpc) is 3.84. The molecule has 1 aliphatic heterocycles. The van der Waals surface area contributed by atoms with E-state index in [9.17, 15) is 0 Å². The standard InChI is InChI=1S/C45H46N2O2Si/c1-44(2,3)38-28-16-29-39-37(38)27-17-31-45(39,49-50(35-23-12-6-13-24-35)36-25-14-7-15-26-36)47-32-18-30-40(47)43-46-41(33-19-8-4-9-20-33)42(48-43)34-21-10-5-11-22-34/h4-16,19-26,28-29,40,50H,17-18,27,30-32H2,1-3H3/t40-,45-/m1/s1. The summed E-state index contributed by atoms with van der Waals surface area (Å²) in [5.41, 5.74) is 6.59. The minimum Gasteiger partial charge on any atom is -0.438 e. The van der Waals surface area contributed by atoms with Crippen LogP contribution in [0.4, 0.5) is 0 Å². The molecule has 252 valence electrons. The Morgan fingerprint density at radius 1 is 0.720 bits per heavy atom. The second-order valence-electron chi connectivity index (χ2n) is 14.9. The van der Waals surface area contributed by atoms with Crippen LogP contribution in [-0.2, 0) is 22.0 Å². The maximum absolute atomic E-state index is 7.98. The fourth-order valence-electron chi connectivity index (χ4n) is 8.34. The third-order valence-electron chi connectivity index (χ3n) is 10.6. The van der Waals surface area contributed by atoms with Gasteiger partial charge in [0, 0.05) is 23.2 Å². The van der Waals surface area contributed by atoms with E-state index in [0.717, 1.165) is 67.1 Å². The van der Waals surface area contributed by atoms with Gasteiger partial charge >= 0.3 is 0 Å². The highest BCUT2D eigenvalue weighted by molar-refractivity contribution is 6.80. The number of benzene rings is 5. The Balaban J connectivity index is 1.31. The van der Waals surface area contributed by atoms with E-state index < -0.39 is 14.8 Å². The summed E-state index contributed by atoms with van der Waals surface area (Å²) in [7, 11) is -2.18. The van der Waals surface area contributed by atoms with Crippen molar-refractivity contribution in [1.29, 1.82) is 0 Å². The molecule has 1 saturated heterocycles. The number of nitrogens with zero attached hydrogens (tertiary/aromatic N) is 2. The molecule has 5 aromatic carbocycles. The summed E-state index contributed by atoms with van der Waals surface area (Å²) < 4.78 is 14.9. The van der Waals surface area contributed by atoms with Crippen LogP contribution in [-0.4, -0.2) is 25.5 Å². The van der Waals surface area contributed by atoms with Crippen LogP contribution in [0.25, 0.3) is 22.6 Å². The highest BCUT2D eigenvalue weighted by Crippen LogP contribution is 2.51. The molecule has 0 bridgehead atoms. The predicted octanol–water partition coefficient (Wildman–Crippen LogP) is 9.19. The second-order valence-corrected chi connectivity index (χ2v) is 17.2. The van der Waals surface area contributed by atoms with Gasteiger partial charge in [0.25, 0.3) is 0 Å². The molecular formula is C45H46N2O2Si. The molecule has 0 saturated carbocycles. The van der Waals surface area contributed by atoms with E-state index in [1.54, 1.807) is 0 Å². The van der Waals surface area contributed by atoms with Crippen molar-refractivity contribution in [1.82, 2.24) is 9.88 Å². The Bertz CT molecular complexity index is 1940. The third kappa shape index (κ3) is 6.08. The first-order valence-corrected chi connectivity index (χ1v) is 19.8.